The van der Waals surface area contributed by atoms with Crippen LogP contribution in [0, 0.1) is 0 Å². The normalized spacial score (nSPS) is 22.8. The summed E-state index contributed by atoms with van der Waals surface area (Å²) in [6.45, 7) is 1.83. The van der Waals surface area contributed by atoms with E-state index in [0.717, 1.165) is 11.3 Å². The SMILES string of the molecule is COc1ccc(C(Cl)C2COCCO2)cc1. The standard InChI is InChI=1S/C12H15ClO3/c1-14-10-4-2-9(3-5-10)12(13)11-8-15-6-7-16-11/h2-5,11-12H,6-8H2,1H3. The van der Waals surface area contributed by atoms with Gasteiger partial charge in [-0.2, -0.15) is 0 Å². The van der Waals surface area contributed by atoms with Crippen LogP contribution in [0.1, 0.15) is 10.9 Å². The van der Waals surface area contributed by atoms with Crippen molar-refractivity contribution in [2.75, 3.05) is 26.9 Å². The first-order valence-corrected chi connectivity index (χ1v) is 5.72. The first kappa shape index (κ1) is 11.7. The zero-order valence-electron chi connectivity index (χ0n) is 9.19. The molecule has 1 heterocycles. The van der Waals surface area contributed by atoms with E-state index in [9.17, 15) is 0 Å². The van der Waals surface area contributed by atoms with Crippen molar-refractivity contribution in [2.45, 2.75) is 11.5 Å². The minimum Gasteiger partial charge on any atom is -0.497 e. The molecule has 1 aliphatic heterocycles. The van der Waals surface area contributed by atoms with E-state index in [1.54, 1.807) is 7.11 Å². The van der Waals surface area contributed by atoms with Gasteiger partial charge in [-0.25, -0.2) is 0 Å². The number of halogens is 1. The third-order valence-electron chi connectivity index (χ3n) is 2.60. The molecule has 0 N–H and O–H groups in total. The lowest BCUT2D eigenvalue weighted by Gasteiger charge is -2.27. The van der Waals surface area contributed by atoms with Gasteiger partial charge in [0.1, 0.15) is 11.9 Å². The molecule has 0 bridgehead atoms. The molecule has 0 radical (unpaired) electrons. The van der Waals surface area contributed by atoms with Crippen molar-refractivity contribution in [3.8, 4) is 5.75 Å². The summed E-state index contributed by atoms with van der Waals surface area (Å²) in [4.78, 5) is 0. The Balaban J connectivity index is 2.04. The second-order valence-corrected chi connectivity index (χ2v) is 4.13. The minimum atomic E-state index is -0.175. The minimum absolute atomic E-state index is 0.0659. The molecule has 1 aromatic carbocycles. The second-order valence-electron chi connectivity index (χ2n) is 3.66. The molecule has 2 unspecified atom stereocenters. The number of methoxy groups -OCH3 is 1. The summed E-state index contributed by atoms with van der Waals surface area (Å²) < 4.78 is 16.0. The summed E-state index contributed by atoms with van der Waals surface area (Å²) in [5, 5.41) is -0.175. The molecule has 1 saturated heterocycles. The van der Waals surface area contributed by atoms with Crippen molar-refractivity contribution in [1.82, 2.24) is 0 Å². The molecule has 0 saturated carbocycles. The number of rotatable bonds is 3. The summed E-state index contributed by atoms with van der Waals surface area (Å²) in [5.41, 5.74) is 1.03. The molecule has 1 fully saturated rings. The van der Waals surface area contributed by atoms with Crippen LogP contribution in [0.4, 0.5) is 0 Å². The monoisotopic (exact) mass is 242 g/mol. The lowest BCUT2D eigenvalue weighted by molar-refractivity contribution is -0.0892. The summed E-state index contributed by atoms with van der Waals surface area (Å²) in [6.07, 6.45) is -0.0659. The zero-order chi connectivity index (χ0) is 11.4. The van der Waals surface area contributed by atoms with Crippen LogP contribution in [0.5, 0.6) is 5.75 Å². The summed E-state index contributed by atoms with van der Waals surface area (Å²) >= 11 is 6.33. The lowest BCUT2D eigenvalue weighted by atomic mass is 10.1. The van der Waals surface area contributed by atoms with E-state index in [0.29, 0.717) is 19.8 Å². The van der Waals surface area contributed by atoms with Crippen molar-refractivity contribution in [3.05, 3.63) is 29.8 Å². The Morgan fingerprint density at radius 1 is 1.31 bits per heavy atom. The molecule has 4 heteroatoms. The fraction of sp³-hybridized carbons (Fsp3) is 0.500. The van der Waals surface area contributed by atoms with Gasteiger partial charge in [0.2, 0.25) is 0 Å². The van der Waals surface area contributed by atoms with Crippen LogP contribution >= 0.6 is 11.6 Å². The van der Waals surface area contributed by atoms with E-state index < -0.39 is 0 Å². The first-order valence-electron chi connectivity index (χ1n) is 5.28. The molecule has 0 aliphatic carbocycles. The van der Waals surface area contributed by atoms with Gasteiger partial charge in [-0.05, 0) is 17.7 Å². The summed E-state index contributed by atoms with van der Waals surface area (Å²) in [7, 11) is 1.64. The third kappa shape index (κ3) is 2.67. The molecule has 3 nitrogen and oxygen atoms in total. The van der Waals surface area contributed by atoms with Gasteiger partial charge in [0, 0.05) is 0 Å². The van der Waals surface area contributed by atoms with E-state index in [1.807, 2.05) is 24.3 Å². The van der Waals surface area contributed by atoms with E-state index >= 15 is 0 Å². The highest BCUT2D eigenvalue weighted by atomic mass is 35.5. The van der Waals surface area contributed by atoms with E-state index in [-0.39, 0.29) is 11.5 Å². The Morgan fingerprint density at radius 3 is 2.62 bits per heavy atom. The van der Waals surface area contributed by atoms with Gasteiger partial charge in [0.05, 0.1) is 32.3 Å². The van der Waals surface area contributed by atoms with Gasteiger partial charge in [-0.3, -0.25) is 0 Å². The van der Waals surface area contributed by atoms with Crippen LogP contribution in [-0.2, 0) is 9.47 Å². The first-order chi connectivity index (χ1) is 7.81. The van der Waals surface area contributed by atoms with Crippen LogP contribution < -0.4 is 4.74 Å². The Hall–Kier alpha value is -0.770. The Bertz CT molecular complexity index is 320. The molecule has 1 aliphatic rings. The van der Waals surface area contributed by atoms with Crippen LogP contribution in [0.2, 0.25) is 0 Å². The third-order valence-corrected chi connectivity index (χ3v) is 3.14. The van der Waals surface area contributed by atoms with Crippen molar-refractivity contribution in [2.24, 2.45) is 0 Å². The highest BCUT2D eigenvalue weighted by Crippen LogP contribution is 2.29. The largest absolute Gasteiger partial charge is 0.497 e. The van der Waals surface area contributed by atoms with Crippen LogP contribution in [0.15, 0.2) is 24.3 Å². The van der Waals surface area contributed by atoms with E-state index in [1.165, 1.54) is 0 Å². The second kappa shape index (κ2) is 5.53. The van der Waals surface area contributed by atoms with Gasteiger partial charge >= 0.3 is 0 Å². The van der Waals surface area contributed by atoms with Crippen molar-refractivity contribution < 1.29 is 14.2 Å². The summed E-state index contributed by atoms with van der Waals surface area (Å²) in [5.74, 6) is 0.827. The molecule has 2 atom stereocenters. The van der Waals surface area contributed by atoms with Gasteiger partial charge in [-0.15, -0.1) is 11.6 Å². The zero-order valence-corrected chi connectivity index (χ0v) is 9.94. The number of alkyl halides is 1. The average Bonchev–Trinajstić information content (AvgIpc) is 2.39. The van der Waals surface area contributed by atoms with Crippen LogP contribution in [0.25, 0.3) is 0 Å². The van der Waals surface area contributed by atoms with Crippen molar-refractivity contribution in [1.29, 1.82) is 0 Å². The van der Waals surface area contributed by atoms with Crippen molar-refractivity contribution >= 4 is 11.6 Å². The van der Waals surface area contributed by atoms with E-state index in [2.05, 4.69) is 0 Å². The molecular formula is C12H15ClO3. The predicted octanol–water partition coefficient (Wildman–Crippen LogP) is 2.39. The number of hydrogen-bond donors (Lipinski definition) is 0. The topological polar surface area (TPSA) is 27.7 Å². The quantitative estimate of drug-likeness (QED) is 0.762. The van der Waals surface area contributed by atoms with Gasteiger partial charge in [0.15, 0.2) is 0 Å². The molecule has 2 rings (SSSR count). The smallest absolute Gasteiger partial charge is 0.118 e. The molecule has 1 aromatic rings. The highest BCUT2D eigenvalue weighted by molar-refractivity contribution is 6.21. The maximum Gasteiger partial charge on any atom is 0.118 e. The number of ether oxygens (including phenoxy) is 3. The average molecular weight is 243 g/mol. The highest BCUT2D eigenvalue weighted by Gasteiger charge is 2.24. The Morgan fingerprint density at radius 2 is 2.06 bits per heavy atom. The Kier molecular flexibility index (Phi) is 4.04. The molecular weight excluding hydrogens is 228 g/mol. The number of benzene rings is 1. The molecule has 88 valence electrons. The molecule has 0 aromatic heterocycles. The molecule has 0 spiro atoms. The van der Waals surface area contributed by atoms with Crippen LogP contribution in [0.3, 0.4) is 0 Å². The predicted molar refractivity (Wildman–Crippen MR) is 62.1 cm³/mol. The van der Waals surface area contributed by atoms with Gasteiger partial charge in [-0.1, -0.05) is 12.1 Å². The fourth-order valence-corrected chi connectivity index (χ4v) is 1.97. The Labute approximate surface area is 100 Å². The maximum atomic E-state index is 6.33. The van der Waals surface area contributed by atoms with Gasteiger partial charge in [0.25, 0.3) is 0 Å². The van der Waals surface area contributed by atoms with Crippen molar-refractivity contribution in [3.63, 3.8) is 0 Å². The fourth-order valence-electron chi connectivity index (χ4n) is 1.68. The summed E-state index contributed by atoms with van der Waals surface area (Å²) in [6, 6.07) is 7.70. The number of hydrogen-bond acceptors (Lipinski definition) is 3. The van der Waals surface area contributed by atoms with Gasteiger partial charge < -0.3 is 14.2 Å². The lowest BCUT2D eigenvalue weighted by Crippen LogP contribution is -2.31. The maximum absolute atomic E-state index is 6.33. The van der Waals surface area contributed by atoms with Crippen LogP contribution in [-0.4, -0.2) is 33.0 Å². The molecule has 0 amide bonds. The molecule has 16 heavy (non-hydrogen) atoms. The van der Waals surface area contributed by atoms with E-state index in [4.69, 9.17) is 25.8 Å².